The van der Waals surface area contributed by atoms with Crippen LogP contribution in [0.5, 0.6) is 46.0 Å². The van der Waals surface area contributed by atoms with Gasteiger partial charge in [-0.05, 0) is 198 Å². The van der Waals surface area contributed by atoms with Crippen molar-refractivity contribution >= 4 is 88.5 Å². The van der Waals surface area contributed by atoms with Gasteiger partial charge in [0.05, 0.1) is 22.3 Å². The Kier molecular flexibility index (Phi) is 19.8. The van der Waals surface area contributed by atoms with E-state index in [0.29, 0.717) is 76.5 Å². The minimum absolute atomic E-state index is 0.00901. The van der Waals surface area contributed by atoms with Gasteiger partial charge in [0.2, 0.25) is 0 Å². The molecule has 0 aliphatic heterocycles. The monoisotopic (exact) mass is 1310 g/mol. The van der Waals surface area contributed by atoms with Crippen LogP contribution in [0, 0.1) is 0 Å². The topological polar surface area (TPSA) is 304 Å². The van der Waals surface area contributed by atoms with Crippen molar-refractivity contribution in [3.05, 3.63) is 240 Å². The number of carbonyl (C=O) groups excluding carboxylic acids is 4. The van der Waals surface area contributed by atoms with E-state index in [1.165, 1.54) is 24.3 Å². The fourth-order valence-corrected chi connectivity index (χ4v) is 11.1. The highest BCUT2D eigenvalue weighted by molar-refractivity contribution is 5.99. The maximum Gasteiger partial charge on any atom is 0.338 e. The summed E-state index contributed by atoms with van der Waals surface area (Å²) < 4.78 is 47.2. The quantitative estimate of drug-likeness (QED) is 0.0184. The summed E-state index contributed by atoms with van der Waals surface area (Å²) in [6.45, 7) is -3.09. The normalized spacial score (nSPS) is 12.7. The predicted octanol–water partition coefficient (Wildman–Crippen LogP) is 11.4. The van der Waals surface area contributed by atoms with Crippen molar-refractivity contribution in [1.29, 1.82) is 0 Å². The lowest BCUT2D eigenvalue weighted by Gasteiger charge is -2.21. The second-order valence-electron chi connectivity index (χ2n) is 23.3. The Bertz CT molecular complexity index is 4630. The second-order valence-corrected chi connectivity index (χ2v) is 23.3. The first-order valence-corrected chi connectivity index (χ1v) is 30.9. The molecule has 4 unspecified atom stereocenters. The van der Waals surface area contributed by atoms with Crippen LogP contribution < -0.4 is 18.9 Å². The maximum atomic E-state index is 13.3. The number of ether oxygens (including phenoxy) is 8. The van der Waals surface area contributed by atoms with Gasteiger partial charge in [0.1, 0.15) is 123 Å². The Morgan fingerprint density at radius 3 is 0.814 bits per heavy atom. The van der Waals surface area contributed by atoms with Gasteiger partial charge in [-0.25, -0.2) is 19.2 Å². The van der Waals surface area contributed by atoms with E-state index in [9.17, 15) is 60.0 Å². The lowest BCUT2D eigenvalue weighted by Crippen LogP contribution is -2.26. The van der Waals surface area contributed by atoms with Gasteiger partial charge in [0.15, 0.2) is 0 Å². The number of aromatic hydroxyl groups is 4. The third-order valence-electron chi connectivity index (χ3n) is 16.1. The number of hydrogen-bond acceptors (Lipinski definition) is 20. The van der Waals surface area contributed by atoms with E-state index >= 15 is 0 Å². The molecule has 8 N–H and O–H groups in total. The number of benzene rings is 12. The molecule has 20 heteroatoms. The molecule has 0 amide bonds. The van der Waals surface area contributed by atoms with E-state index in [-0.39, 0.29) is 89.6 Å². The van der Waals surface area contributed by atoms with E-state index in [0.717, 1.165) is 10.8 Å². The Labute approximate surface area is 553 Å². The van der Waals surface area contributed by atoms with Gasteiger partial charge < -0.3 is 78.7 Å². The van der Waals surface area contributed by atoms with Crippen LogP contribution in [-0.4, -0.2) is 142 Å². The lowest BCUT2D eigenvalue weighted by atomic mass is 9.93. The zero-order valence-electron chi connectivity index (χ0n) is 51.8. The molecule has 0 aliphatic carbocycles. The lowest BCUT2D eigenvalue weighted by molar-refractivity contribution is 0.0127. The summed E-state index contributed by atoms with van der Waals surface area (Å²) in [5, 5.41) is 92.8. The van der Waals surface area contributed by atoms with Crippen LogP contribution >= 0.6 is 0 Å². The number of phenolic OH excluding ortho intramolecular Hbond substituents is 4. The molecule has 0 saturated heterocycles. The molecule has 12 rings (SSSR count). The molecule has 12 aromatic rings. The molecule has 97 heavy (non-hydrogen) atoms. The maximum absolute atomic E-state index is 13.3. The standard InChI is InChI=1S/C77H64O20/c78-58-17-9-46-25-54(5-1-50(46)29-58)74(86)94-40-62(82)36-90-66-21-13-44-15-23-72(92-38-64(84)42-96-76(88)56-7-3-52-31-60(80)19-11-48(52)27-56)70(68(44)33-66)35-71-69-34-67(91-37-63(83)41-95-75(87)55-6-2-51-30-59(79)18-10-47(51)26-55)22-14-45(69)16-24-73(71)93-39-65(85)43-97-77(89)57-8-4-53-32-61(81)20-12-49(53)28-57/h1-34,62-65,78-85H,35-43H2. The molecule has 0 heterocycles. The van der Waals surface area contributed by atoms with E-state index in [1.54, 1.807) is 182 Å². The van der Waals surface area contributed by atoms with E-state index in [2.05, 4.69) is 0 Å². The van der Waals surface area contributed by atoms with Crippen LogP contribution in [0.15, 0.2) is 206 Å². The first-order chi connectivity index (χ1) is 46.9. The van der Waals surface area contributed by atoms with Crippen molar-refractivity contribution in [2.24, 2.45) is 0 Å². The van der Waals surface area contributed by atoms with Crippen molar-refractivity contribution < 1.29 is 97.9 Å². The third kappa shape index (κ3) is 16.1. The van der Waals surface area contributed by atoms with Gasteiger partial charge in [-0.3, -0.25) is 0 Å². The number of aliphatic hydroxyl groups excluding tert-OH is 4. The molecule has 0 fully saturated rings. The largest absolute Gasteiger partial charge is 0.508 e. The first-order valence-electron chi connectivity index (χ1n) is 30.9. The van der Waals surface area contributed by atoms with Crippen LogP contribution in [0.1, 0.15) is 52.6 Å². The van der Waals surface area contributed by atoms with Crippen LogP contribution in [0.4, 0.5) is 0 Å². The molecule has 20 nitrogen and oxygen atoms in total. The Morgan fingerprint density at radius 1 is 0.268 bits per heavy atom. The molecule has 4 atom stereocenters. The van der Waals surface area contributed by atoms with Crippen molar-refractivity contribution in [3.8, 4) is 46.0 Å². The highest BCUT2D eigenvalue weighted by atomic mass is 16.6. The molecule has 12 aromatic carbocycles. The highest BCUT2D eigenvalue weighted by Crippen LogP contribution is 2.39. The molecule has 0 saturated carbocycles. The second kappa shape index (κ2) is 29.3. The molecule has 492 valence electrons. The Hall–Kier alpha value is -11.7. The van der Waals surface area contributed by atoms with Gasteiger partial charge in [0.25, 0.3) is 0 Å². The summed E-state index contributed by atoms with van der Waals surface area (Å²) in [5.41, 5.74) is 1.94. The molecule has 0 spiro atoms. The number of rotatable bonds is 26. The third-order valence-corrected chi connectivity index (χ3v) is 16.1. The molecular formula is C77H64O20. The van der Waals surface area contributed by atoms with Gasteiger partial charge in [-0.1, -0.05) is 72.8 Å². The Morgan fingerprint density at radius 2 is 0.515 bits per heavy atom. The molecule has 0 bridgehead atoms. The summed E-state index contributed by atoms with van der Waals surface area (Å²) in [5.74, 6) is -1.36. The first kappa shape index (κ1) is 65.4. The molecule has 0 aromatic heterocycles. The van der Waals surface area contributed by atoms with Crippen molar-refractivity contribution in [2.45, 2.75) is 30.8 Å². The minimum atomic E-state index is -1.35. The Balaban J connectivity index is 0.813. The molecule has 0 radical (unpaired) electrons. The zero-order valence-corrected chi connectivity index (χ0v) is 51.8. The minimum Gasteiger partial charge on any atom is -0.508 e. The van der Waals surface area contributed by atoms with E-state index in [1.807, 2.05) is 0 Å². The SMILES string of the molecule is O=C(OCC(O)COc1ccc2ccc(OCC(O)COC(=O)c3ccc4cc(O)ccc4c3)c(Cc3c(OCC(O)COC(=O)c4ccc5cc(O)ccc5c4)ccc4ccc(OCC(O)COC(=O)c5ccc6cc(O)ccc6c5)cc34)c2c1)c1ccc2cc(O)ccc2c1. The summed E-state index contributed by atoms with van der Waals surface area (Å²) in [6, 6.07) is 55.7. The number of esters is 4. The smallest absolute Gasteiger partial charge is 0.338 e. The summed E-state index contributed by atoms with van der Waals surface area (Å²) in [4.78, 5) is 52.9. The average Bonchev–Trinajstić information content (AvgIpc) is 0.789. The van der Waals surface area contributed by atoms with Crippen molar-refractivity contribution in [1.82, 2.24) is 0 Å². The van der Waals surface area contributed by atoms with Gasteiger partial charge >= 0.3 is 23.9 Å². The van der Waals surface area contributed by atoms with Crippen LogP contribution in [0.2, 0.25) is 0 Å². The summed E-state index contributed by atoms with van der Waals surface area (Å²) in [6.07, 6.45) is -5.25. The number of fused-ring (bicyclic) bond motifs is 6. The number of aliphatic hydroxyl groups is 4. The highest BCUT2D eigenvalue weighted by Gasteiger charge is 2.23. The van der Waals surface area contributed by atoms with Gasteiger partial charge in [0, 0.05) is 17.5 Å². The van der Waals surface area contributed by atoms with Crippen LogP contribution in [0.25, 0.3) is 64.6 Å². The average molecular weight is 1310 g/mol. The van der Waals surface area contributed by atoms with Crippen LogP contribution in [-0.2, 0) is 25.4 Å². The van der Waals surface area contributed by atoms with Crippen molar-refractivity contribution in [2.75, 3.05) is 52.9 Å². The number of carbonyl (C=O) groups is 4. The van der Waals surface area contributed by atoms with Gasteiger partial charge in [-0.2, -0.15) is 0 Å². The summed E-state index contributed by atoms with van der Waals surface area (Å²) in [7, 11) is 0. The number of hydrogen-bond donors (Lipinski definition) is 8. The van der Waals surface area contributed by atoms with E-state index < -0.39 is 74.7 Å². The van der Waals surface area contributed by atoms with Gasteiger partial charge in [-0.15, -0.1) is 0 Å². The molecule has 0 aliphatic rings. The van der Waals surface area contributed by atoms with Crippen molar-refractivity contribution in [3.63, 3.8) is 0 Å². The van der Waals surface area contributed by atoms with Crippen LogP contribution in [0.3, 0.4) is 0 Å². The fraction of sp³-hybridized carbons (Fsp3) is 0.169. The zero-order chi connectivity index (χ0) is 67.7. The summed E-state index contributed by atoms with van der Waals surface area (Å²) >= 11 is 0. The number of phenols is 4. The fourth-order valence-electron chi connectivity index (χ4n) is 11.1. The van der Waals surface area contributed by atoms with E-state index in [4.69, 9.17) is 37.9 Å². The predicted molar refractivity (Wildman–Crippen MR) is 360 cm³/mol. The molecular weight excluding hydrogens is 1240 g/mol.